The Labute approximate surface area is 175 Å². The molecule has 0 atom stereocenters. The highest BCUT2D eigenvalue weighted by molar-refractivity contribution is 7.92. The van der Waals surface area contributed by atoms with Crippen LogP contribution in [0.3, 0.4) is 0 Å². The molecule has 0 bridgehead atoms. The fourth-order valence-corrected chi connectivity index (χ4v) is 3.98. The average Bonchev–Trinajstić information content (AvgIpc) is 2.70. The zero-order chi connectivity index (χ0) is 21.6. The molecular formula is C20H24N4O5S. The number of rotatable bonds is 7. The second-order valence-corrected chi connectivity index (χ2v) is 8.51. The van der Waals surface area contributed by atoms with Gasteiger partial charge in [-0.25, -0.2) is 8.42 Å². The molecule has 0 spiro atoms. The van der Waals surface area contributed by atoms with Crippen molar-refractivity contribution in [3.05, 3.63) is 48.5 Å². The van der Waals surface area contributed by atoms with Crippen molar-refractivity contribution in [1.82, 2.24) is 4.90 Å². The molecule has 2 aromatic carbocycles. The van der Waals surface area contributed by atoms with Crippen LogP contribution in [0.5, 0.6) is 0 Å². The maximum Gasteiger partial charge on any atom is 0.261 e. The molecule has 2 aromatic rings. The van der Waals surface area contributed by atoms with Gasteiger partial charge in [0, 0.05) is 37.1 Å². The lowest BCUT2D eigenvalue weighted by molar-refractivity contribution is -0.118. The van der Waals surface area contributed by atoms with Gasteiger partial charge in [0.15, 0.2) is 0 Å². The minimum atomic E-state index is -3.78. The summed E-state index contributed by atoms with van der Waals surface area (Å²) in [7, 11) is -3.78. The Kier molecular flexibility index (Phi) is 7.03. The quantitative estimate of drug-likeness (QED) is 0.613. The SMILES string of the molecule is CC(=O)Nc1ccc(S(=O)(=O)Nc2ccc(NC(=O)CN3CCOCC3)cc2)cc1. The number of ether oxygens (including phenoxy) is 1. The summed E-state index contributed by atoms with van der Waals surface area (Å²) in [5.74, 6) is -0.370. The van der Waals surface area contributed by atoms with Gasteiger partial charge < -0.3 is 15.4 Å². The number of hydrogen-bond acceptors (Lipinski definition) is 6. The highest BCUT2D eigenvalue weighted by Crippen LogP contribution is 2.20. The zero-order valence-corrected chi connectivity index (χ0v) is 17.4. The summed E-state index contributed by atoms with van der Waals surface area (Å²) in [4.78, 5) is 25.3. The van der Waals surface area contributed by atoms with E-state index in [0.29, 0.717) is 30.3 Å². The molecule has 1 aliphatic heterocycles. The Hall–Kier alpha value is -2.95. The van der Waals surface area contributed by atoms with Crippen molar-refractivity contribution in [3.63, 3.8) is 0 Å². The highest BCUT2D eigenvalue weighted by atomic mass is 32.2. The molecule has 1 aliphatic rings. The van der Waals surface area contributed by atoms with Gasteiger partial charge in [-0.1, -0.05) is 0 Å². The molecule has 0 unspecified atom stereocenters. The van der Waals surface area contributed by atoms with Crippen LogP contribution in [-0.4, -0.2) is 58.0 Å². The van der Waals surface area contributed by atoms with E-state index in [-0.39, 0.29) is 23.3 Å². The van der Waals surface area contributed by atoms with Crippen molar-refractivity contribution in [3.8, 4) is 0 Å². The molecule has 1 heterocycles. The summed E-state index contributed by atoms with van der Waals surface area (Å²) in [5, 5.41) is 5.38. The molecule has 1 fully saturated rings. The fraction of sp³-hybridized carbons (Fsp3) is 0.300. The highest BCUT2D eigenvalue weighted by Gasteiger charge is 2.16. The first-order valence-corrected chi connectivity index (χ1v) is 10.9. The van der Waals surface area contributed by atoms with E-state index in [1.807, 2.05) is 4.90 Å². The number of morpholine rings is 1. The van der Waals surface area contributed by atoms with Gasteiger partial charge in [-0.15, -0.1) is 0 Å². The first-order chi connectivity index (χ1) is 14.3. The summed E-state index contributed by atoms with van der Waals surface area (Å²) < 4.78 is 32.8. The van der Waals surface area contributed by atoms with E-state index in [2.05, 4.69) is 15.4 Å². The lowest BCUT2D eigenvalue weighted by Crippen LogP contribution is -2.41. The Morgan fingerprint density at radius 3 is 2.03 bits per heavy atom. The number of amides is 2. The van der Waals surface area contributed by atoms with Crippen molar-refractivity contribution in [2.75, 3.05) is 48.2 Å². The van der Waals surface area contributed by atoms with E-state index in [1.54, 1.807) is 24.3 Å². The molecule has 9 nitrogen and oxygen atoms in total. The molecule has 30 heavy (non-hydrogen) atoms. The third kappa shape index (κ3) is 6.28. The van der Waals surface area contributed by atoms with Crippen LogP contribution in [0.4, 0.5) is 17.1 Å². The Balaban J connectivity index is 1.57. The largest absolute Gasteiger partial charge is 0.379 e. The van der Waals surface area contributed by atoms with Crippen LogP contribution >= 0.6 is 0 Å². The molecule has 3 N–H and O–H groups in total. The van der Waals surface area contributed by atoms with E-state index in [9.17, 15) is 18.0 Å². The molecule has 2 amide bonds. The van der Waals surface area contributed by atoms with Crippen LogP contribution < -0.4 is 15.4 Å². The zero-order valence-electron chi connectivity index (χ0n) is 16.6. The molecule has 1 saturated heterocycles. The smallest absolute Gasteiger partial charge is 0.261 e. The maximum atomic E-state index is 12.5. The third-order valence-corrected chi connectivity index (χ3v) is 5.77. The van der Waals surface area contributed by atoms with E-state index in [4.69, 9.17) is 4.74 Å². The first-order valence-electron chi connectivity index (χ1n) is 9.42. The van der Waals surface area contributed by atoms with Gasteiger partial charge in [-0.3, -0.25) is 19.2 Å². The number of nitrogens with one attached hydrogen (secondary N) is 3. The van der Waals surface area contributed by atoms with Crippen LogP contribution in [-0.2, 0) is 24.3 Å². The summed E-state index contributed by atoms with van der Waals surface area (Å²) in [6.07, 6.45) is 0. The number of carbonyl (C=O) groups is 2. The number of anilines is 3. The Morgan fingerprint density at radius 2 is 1.43 bits per heavy atom. The van der Waals surface area contributed by atoms with Crippen LogP contribution in [0.2, 0.25) is 0 Å². The molecule has 3 rings (SSSR count). The lowest BCUT2D eigenvalue weighted by atomic mass is 10.3. The van der Waals surface area contributed by atoms with Crippen LogP contribution in [0.25, 0.3) is 0 Å². The van der Waals surface area contributed by atoms with Crippen LogP contribution in [0.1, 0.15) is 6.92 Å². The number of carbonyl (C=O) groups excluding carboxylic acids is 2. The summed E-state index contributed by atoms with van der Waals surface area (Å²) in [6, 6.07) is 12.3. The van der Waals surface area contributed by atoms with E-state index in [1.165, 1.54) is 31.2 Å². The molecule has 10 heteroatoms. The molecule has 0 aromatic heterocycles. The van der Waals surface area contributed by atoms with E-state index >= 15 is 0 Å². The predicted molar refractivity (Wildman–Crippen MR) is 114 cm³/mol. The topological polar surface area (TPSA) is 117 Å². The van der Waals surface area contributed by atoms with Gasteiger partial charge >= 0.3 is 0 Å². The van der Waals surface area contributed by atoms with Crippen molar-refractivity contribution < 1.29 is 22.7 Å². The monoisotopic (exact) mass is 432 g/mol. The number of hydrogen-bond donors (Lipinski definition) is 3. The number of sulfonamides is 1. The van der Waals surface area contributed by atoms with Crippen LogP contribution in [0.15, 0.2) is 53.4 Å². The second kappa shape index (κ2) is 9.70. The van der Waals surface area contributed by atoms with Crippen molar-refractivity contribution >= 4 is 38.9 Å². The third-order valence-electron chi connectivity index (χ3n) is 4.38. The average molecular weight is 433 g/mol. The van der Waals surface area contributed by atoms with Gasteiger partial charge in [-0.05, 0) is 48.5 Å². The molecule has 160 valence electrons. The predicted octanol–water partition coefficient (Wildman–Crippen LogP) is 1.72. The Morgan fingerprint density at radius 1 is 0.900 bits per heavy atom. The standard InChI is InChI=1S/C20H24N4O5S/c1-15(25)21-16-6-8-19(9-7-16)30(27,28)23-18-4-2-17(3-5-18)22-20(26)14-24-10-12-29-13-11-24/h2-9,23H,10-14H2,1H3,(H,21,25)(H,22,26). The van der Waals surface area contributed by atoms with Gasteiger partial charge in [0.05, 0.1) is 24.7 Å². The molecule has 0 saturated carbocycles. The fourth-order valence-electron chi connectivity index (χ4n) is 2.92. The molecule has 0 aliphatic carbocycles. The minimum absolute atomic E-state index is 0.0690. The number of nitrogens with zero attached hydrogens (tertiary/aromatic N) is 1. The summed E-state index contributed by atoms with van der Waals surface area (Å²) in [6.45, 7) is 4.35. The molecular weight excluding hydrogens is 408 g/mol. The van der Waals surface area contributed by atoms with E-state index < -0.39 is 10.0 Å². The van der Waals surface area contributed by atoms with E-state index in [0.717, 1.165) is 13.1 Å². The summed E-state index contributed by atoms with van der Waals surface area (Å²) >= 11 is 0. The minimum Gasteiger partial charge on any atom is -0.379 e. The lowest BCUT2D eigenvalue weighted by Gasteiger charge is -2.25. The van der Waals surface area contributed by atoms with Gasteiger partial charge in [-0.2, -0.15) is 0 Å². The van der Waals surface area contributed by atoms with Crippen LogP contribution in [0, 0.1) is 0 Å². The summed E-state index contributed by atoms with van der Waals surface area (Å²) in [5.41, 5.74) is 1.46. The van der Waals surface area contributed by atoms with Crippen molar-refractivity contribution in [2.45, 2.75) is 11.8 Å². The number of benzene rings is 2. The Bertz CT molecular complexity index is 985. The second-order valence-electron chi connectivity index (χ2n) is 6.83. The maximum absolute atomic E-state index is 12.5. The first kappa shape index (κ1) is 21.8. The van der Waals surface area contributed by atoms with Gasteiger partial charge in [0.1, 0.15) is 0 Å². The molecule has 0 radical (unpaired) electrons. The van der Waals surface area contributed by atoms with Gasteiger partial charge in [0.2, 0.25) is 11.8 Å². The van der Waals surface area contributed by atoms with Crippen molar-refractivity contribution in [1.29, 1.82) is 0 Å². The van der Waals surface area contributed by atoms with Gasteiger partial charge in [0.25, 0.3) is 10.0 Å². The van der Waals surface area contributed by atoms with Crippen molar-refractivity contribution in [2.24, 2.45) is 0 Å². The normalized spacial score (nSPS) is 14.7.